The summed E-state index contributed by atoms with van der Waals surface area (Å²) < 4.78 is 25.9. The summed E-state index contributed by atoms with van der Waals surface area (Å²) in [7, 11) is -3.67. The lowest BCUT2D eigenvalue weighted by molar-refractivity contribution is 0.282. The molecule has 0 unspecified atom stereocenters. The van der Waals surface area contributed by atoms with Crippen LogP contribution in [0.1, 0.15) is 44.9 Å². The van der Waals surface area contributed by atoms with Crippen molar-refractivity contribution in [3.05, 3.63) is 0 Å². The highest BCUT2D eigenvalue weighted by atomic mass is 32.2. The topological polar surface area (TPSA) is 74.6 Å². The Morgan fingerprint density at radius 2 is 1.44 bits per heavy atom. The predicted octanol–water partition coefficient (Wildman–Crippen LogP) is 1.85. The summed E-state index contributed by atoms with van der Waals surface area (Å²) in [4.78, 5) is 0. The molecule has 0 aromatic carbocycles. The molecule has 0 aliphatic carbocycles. The highest BCUT2D eigenvalue weighted by Gasteiger charge is 1.88. The Labute approximate surface area is 98.8 Å². The molecule has 16 heavy (non-hydrogen) atoms. The van der Waals surface area contributed by atoms with Crippen LogP contribution in [0.15, 0.2) is 0 Å². The number of rotatable bonds is 7. The number of aliphatic hydroxyl groups excluding tert-OH is 1. The fourth-order valence-electron chi connectivity index (χ4n) is 1.05. The van der Waals surface area contributed by atoms with Gasteiger partial charge in [-0.15, -0.1) is 12.3 Å². The van der Waals surface area contributed by atoms with Gasteiger partial charge in [0.25, 0.3) is 10.1 Å². The molecule has 0 aromatic rings. The largest absolute Gasteiger partial charge is 0.396 e. The number of unbranched alkanes of at least 4 members (excludes halogenated alkanes) is 6. The average molecular weight is 250 g/mol. The van der Waals surface area contributed by atoms with Crippen molar-refractivity contribution in [1.82, 2.24) is 0 Å². The molecule has 0 aliphatic rings. The summed E-state index contributed by atoms with van der Waals surface area (Å²) in [6, 6.07) is 0. The standard InChI is InChI=1S/C10H18O.CH4O3S/c1-2-3-4-5-6-7-8-9-10-11;1-5(2,3)4/h1,11H,3-10H2;1H3,(H,2,3,4). The van der Waals surface area contributed by atoms with Crippen molar-refractivity contribution in [2.45, 2.75) is 44.9 Å². The van der Waals surface area contributed by atoms with Crippen LogP contribution in [0.2, 0.25) is 0 Å². The van der Waals surface area contributed by atoms with Crippen molar-refractivity contribution < 1.29 is 18.1 Å². The Balaban J connectivity index is 0. The summed E-state index contributed by atoms with van der Waals surface area (Å²) >= 11 is 0. The average Bonchev–Trinajstić information content (AvgIpc) is 2.14. The molecule has 0 saturated carbocycles. The van der Waals surface area contributed by atoms with Crippen molar-refractivity contribution in [2.24, 2.45) is 0 Å². The number of hydrogen-bond acceptors (Lipinski definition) is 3. The van der Waals surface area contributed by atoms with E-state index in [0.29, 0.717) is 12.9 Å². The Morgan fingerprint density at radius 3 is 1.81 bits per heavy atom. The summed E-state index contributed by atoms with van der Waals surface area (Å²) in [5, 5.41) is 8.48. The van der Waals surface area contributed by atoms with E-state index in [1.807, 2.05) is 0 Å². The van der Waals surface area contributed by atoms with Gasteiger partial charge in [-0.3, -0.25) is 4.55 Å². The third kappa shape index (κ3) is 37.6. The van der Waals surface area contributed by atoms with Crippen LogP contribution >= 0.6 is 0 Å². The van der Waals surface area contributed by atoms with Gasteiger partial charge in [0.2, 0.25) is 0 Å². The Morgan fingerprint density at radius 1 is 1.06 bits per heavy atom. The van der Waals surface area contributed by atoms with E-state index in [1.54, 1.807) is 0 Å². The van der Waals surface area contributed by atoms with Crippen molar-refractivity contribution in [3.8, 4) is 12.3 Å². The first-order valence-corrected chi connectivity index (χ1v) is 7.23. The quantitative estimate of drug-likeness (QED) is 0.411. The molecule has 0 saturated heterocycles. The molecule has 0 spiro atoms. The van der Waals surface area contributed by atoms with Crippen LogP contribution in [0.25, 0.3) is 0 Å². The second kappa shape index (κ2) is 12.5. The van der Waals surface area contributed by atoms with E-state index in [4.69, 9.17) is 16.1 Å². The summed E-state index contributed by atoms with van der Waals surface area (Å²) in [5.41, 5.74) is 0. The summed E-state index contributed by atoms with van der Waals surface area (Å²) in [6.07, 6.45) is 13.8. The minimum atomic E-state index is -3.67. The van der Waals surface area contributed by atoms with Crippen LogP contribution < -0.4 is 0 Å². The van der Waals surface area contributed by atoms with E-state index >= 15 is 0 Å². The molecular formula is C11H22O4S. The maximum atomic E-state index is 9.19. The first-order valence-electron chi connectivity index (χ1n) is 5.38. The van der Waals surface area contributed by atoms with Crippen LogP contribution in [-0.2, 0) is 10.1 Å². The van der Waals surface area contributed by atoms with E-state index < -0.39 is 10.1 Å². The molecule has 4 nitrogen and oxygen atoms in total. The van der Waals surface area contributed by atoms with Gasteiger partial charge in [-0.05, 0) is 12.8 Å². The maximum absolute atomic E-state index is 9.19. The lowest BCUT2D eigenvalue weighted by Gasteiger charge is -1.97. The molecule has 0 aromatic heterocycles. The van der Waals surface area contributed by atoms with E-state index in [1.165, 1.54) is 19.3 Å². The highest BCUT2D eigenvalue weighted by molar-refractivity contribution is 7.85. The maximum Gasteiger partial charge on any atom is 0.261 e. The van der Waals surface area contributed by atoms with Gasteiger partial charge in [0.15, 0.2) is 0 Å². The molecule has 96 valence electrons. The molecule has 0 rings (SSSR count). The van der Waals surface area contributed by atoms with Crippen LogP contribution in [0.5, 0.6) is 0 Å². The van der Waals surface area contributed by atoms with Gasteiger partial charge in [-0.1, -0.05) is 25.7 Å². The van der Waals surface area contributed by atoms with Gasteiger partial charge in [-0.2, -0.15) is 8.42 Å². The SMILES string of the molecule is C#CCCCCCCCCO.CS(=O)(=O)O. The highest BCUT2D eigenvalue weighted by Crippen LogP contribution is 2.05. The van der Waals surface area contributed by atoms with Crippen molar-refractivity contribution in [3.63, 3.8) is 0 Å². The predicted molar refractivity (Wildman–Crippen MR) is 65.7 cm³/mol. The van der Waals surface area contributed by atoms with Crippen LogP contribution in [-0.4, -0.2) is 30.9 Å². The molecule has 0 bridgehead atoms. The van der Waals surface area contributed by atoms with Crippen molar-refractivity contribution in [2.75, 3.05) is 12.9 Å². The molecule has 2 N–H and O–H groups in total. The fraction of sp³-hybridized carbons (Fsp3) is 0.818. The lowest BCUT2D eigenvalue weighted by Crippen LogP contribution is -1.88. The van der Waals surface area contributed by atoms with E-state index in [2.05, 4.69) is 5.92 Å². The van der Waals surface area contributed by atoms with Gasteiger partial charge in [-0.25, -0.2) is 0 Å². The fourth-order valence-corrected chi connectivity index (χ4v) is 1.05. The van der Waals surface area contributed by atoms with Gasteiger partial charge < -0.3 is 5.11 Å². The van der Waals surface area contributed by atoms with Gasteiger partial charge in [0, 0.05) is 13.0 Å². The van der Waals surface area contributed by atoms with E-state index in [-0.39, 0.29) is 0 Å². The first kappa shape index (κ1) is 17.8. The first-order chi connectivity index (χ1) is 7.41. The lowest BCUT2D eigenvalue weighted by atomic mass is 10.1. The van der Waals surface area contributed by atoms with Crippen molar-refractivity contribution in [1.29, 1.82) is 0 Å². The zero-order valence-corrected chi connectivity index (χ0v) is 10.7. The smallest absolute Gasteiger partial charge is 0.261 e. The molecule has 5 heteroatoms. The summed E-state index contributed by atoms with van der Waals surface area (Å²) in [5.74, 6) is 2.63. The van der Waals surface area contributed by atoms with Gasteiger partial charge in [0.1, 0.15) is 0 Å². The minimum absolute atomic E-state index is 0.338. The molecule has 0 heterocycles. The molecule has 0 aliphatic heterocycles. The Bertz CT molecular complexity index is 256. The second-order valence-electron chi connectivity index (χ2n) is 3.53. The van der Waals surface area contributed by atoms with Crippen LogP contribution in [0, 0.1) is 12.3 Å². The Hall–Kier alpha value is -0.570. The van der Waals surface area contributed by atoms with Crippen LogP contribution in [0.4, 0.5) is 0 Å². The van der Waals surface area contributed by atoms with E-state index in [9.17, 15) is 8.42 Å². The monoisotopic (exact) mass is 250 g/mol. The zero-order valence-electron chi connectivity index (χ0n) is 9.85. The molecule has 0 fully saturated rings. The number of hydrogen-bond donors (Lipinski definition) is 2. The second-order valence-corrected chi connectivity index (χ2v) is 5.00. The molecular weight excluding hydrogens is 228 g/mol. The van der Waals surface area contributed by atoms with E-state index in [0.717, 1.165) is 25.7 Å². The van der Waals surface area contributed by atoms with Crippen molar-refractivity contribution >= 4 is 10.1 Å². The summed E-state index contributed by atoms with van der Waals surface area (Å²) in [6.45, 7) is 0.338. The number of terminal acetylenes is 1. The molecule has 0 amide bonds. The molecule has 0 atom stereocenters. The third-order valence-electron chi connectivity index (χ3n) is 1.73. The van der Waals surface area contributed by atoms with Gasteiger partial charge in [0.05, 0.1) is 6.26 Å². The minimum Gasteiger partial charge on any atom is -0.396 e. The zero-order chi connectivity index (χ0) is 12.9. The number of aliphatic hydroxyl groups is 1. The molecule has 0 radical (unpaired) electrons. The van der Waals surface area contributed by atoms with Gasteiger partial charge >= 0.3 is 0 Å². The Kier molecular flexibility index (Phi) is 13.9. The van der Waals surface area contributed by atoms with Crippen LogP contribution in [0.3, 0.4) is 0 Å². The third-order valence-corrected chi connectivity index (χ3v) is 1.73. The normalized spacial score (nSPS) is 10.1.